The van der Waals surface area contributed by atoms with Crippen LogP contribution in [-0.2, 0) is 10.0 Å². The molecular formula is C9H16N2O2S2. The second kappa shape index (κ2) is 5.73. The molecular weight excluding hydrogens is 232 g/mol. The maximum absolute atomic E-state index is 11.6. The highest BCUT2D eigenvalue weighted by Gasteiger charge is 2.25. The lowest BCUT2D eigenvalue weighted by atomic mass is 10.2. The zero-order chi connectivity index (χ0) is 11.3. The molecule has 1 fully saturated rings. The van der Waals surface area contributed by atoms with Crippen LogP contribution in [0, 0.1) is 11.3 Å². The van der Waals surface area contributed by atoms with E-state index < -0.39 is 15.3 Å². The van der Waals surface area contributed by atoms with E-state index in [1.165, 1.54) is 0 Å². The molecule has 1 rings (SSSR count). The third-order valence-electron chi connectivity index (χ3n) is 2.43. The molecule has 1 aliphatic heterocycles. The van der Waals surface area contributed by atoms with Gasteiger partial charge in [0.05, 0.1) is 6.07 Å². The third-order valence-corrected chi connectivity index (χ3v) is 5.58. The molecule has 0 amide bonds. The summed E-state index contributed by atoms with van der Waals surface area (Å²) >= 11 is 1.80. The molecule has 0 radical (unpaired) electrons. The molecule has 15 heavy (non-hydrogen) atoms. The molecule has 86 valence electrons. The van der Waals surface area contributed by atoms with Crippen molar-refractivity contribution in [2.75, 3.05) is 12.3 Å². The Bertz CT molecular complexity index is 329. The van der Waals surface area contributed by atoms with E-state index in [-0.39, 0.29) is 0 Å². The topological polar surface area (TPSA) is 70.0 Å². The van der Waals surface area contributed by atoms with E-state index in [9.17, 15) is 8.42 Å². The van der Waals surface area contributed by atoms with Gasteiger partial charge in [0.15, 0.2) is 5.25 Å². The van der Waals surface area contributed by atoms with Gasteiger partial charge in [0.25, 0.3) is 0 Å². The summed E-state index contributed by atoms with van der Waals surface area (Å²) in [6.45, 7) is 2.17. The number of nitrogens with zero attached hydrogens (tertiary/aromatic N) is 1. The number of hydrogen-bond acceptors (Lipinski definition) is 4. The van der Waals surface area contributed by atoms with E-state index in [0.29, 0.717) is 18.2 Å². The summed E-state index contributed by atoms with van der Waals surface area (Å²) < 4.78 is 25.7. The van der Waals surface area contributed by atoms with Gasteiger partial charge in [-0.05, 0) is 25.0 Å². The first-order valence-electron chi connectivity index (χ1n) is 5.10. The molecule has 6 heteroatoms. The van der Waals surface area contributed by atoms with Gasteiger partial charge in [0.1, 0.15) is 0 Å². The number of nitriles is 1. The molecule has 0 saturated carbocycles. The Morgan fingerprint density at radius 2 is 2.40 bits per heavy atom. The number of thioether (sulfide) groups is 1. The summed E-state index contributed by atoms with van der Waals surface area (Å²) in [6.07, 6.45) is 2.56. The first-order valence-corrected chi connectivity index (χ1v) is 7.69. The van der Waals surface area contributed by atoms with Crippen molar-refractivity contribution in [3.05, 3.63) is 0 Å². The van der Waals surface area contributed by atoms with Crippen molar-refractivity contribution in [1.82, 2.24) is 4.72 Å². The van der Waals surface area contributed by atoms with Gasteiger partial charge in [0, 0.05) is 11.8 Å². The van der Waals surface area contributed by atoms with E-state index >= 15 is 0 Å². The van der Waals surface area contributed by atoms with Crippen LogP contribution in [-0.4, -0.2) is 31.2 Å². The lowest BCUT2D eigenvalue weighted by Gasteiger charge is -2.12. The fourth-order valence-electron chi connectivity index (χ4n) is 1.50. The van der Waals surface area contributed by atoms with Crippen molar-refractivity contribution in [2.24, 2.45) is 0 Å². The zero-order valence-electron chi connectivity index (χ0n) is 8.77. The van der Waals surface area contributed by atoms with E-state index in [0.717, 1.165) is 18.6 Å². The van der Waals surface area contributed by atoms with E-state index in [2.05, 4.69) is 4.72 Å². The van der Waals surface area contributed by atoms with E-state index in [1.54, 1.807) is 18.7 Å². The minimum atomic E-state index is -3.43. The SMILES string of the molecule is CCC(C#N)S(=O)(=O)NCC1CCCS1. The molecule has 0 aliphatic carbocycles. The summed E-state index contributed by atoms with van der Waals surface area (Å²) in [5.41, 5.74) is 0. The highest BCUT2D eigenvalue weighted by molar-refractivity contribution is 8.00. The average molecular weight is 248 g/mol. The molecule has 2 atom stereocenters. The van der Waals surface area contributed by atoms with Gasteiger partial charge in [-0.15, -0.1) is 0 Å². The van der Waals surface area contributed by atoms with Crippen LogP contribution in [0.3, 0.4) is 0 Å². The van der Waals surface area contributed by atoms with Crippen LogP contribution >= 0.6 is 11.8 Å². The predicted octanol–water partition coefficient (Wildman–Crippen LogP) is 1.10. The van der Waals surface area contributed by atoms with Gasteiger partial charge in [-0.1, -0.05) is 6.92 Å². The first kappa shape index (κ1) is 12.8. The number of rotatable bonds is 5. The van der Waals surface area contributed by atoms with Gasteiger partial charge in [0.2, 0.25) is 10.0 Å². The number of sulfonamides is 1. The highest BCUT2D eigenvalue weighted by Crippen LogP contribution is 2.25. The molecule has 0 spiro atoms. The fraction of sp³-hybridized carbons (Fsp3) is 0.889. The zero-order valence-corrected chi connectivity index (χ0v) is 10.4. The normalized spacial score (nSPS) is 23.6. The summed E-state index contributed by atoms with van der Waals surface area (Å²) in [6, 6.07) is 1.81. The molecule has 0 bridgehead atoms. The Morgan fingerprint density at radius 1 is 1.67 bits per heavy atom. The Labute approximate surface area is 95.5 Å². The van der Waals surface area contributed by atoms with Crippen LogP contribution in [0.5, 0.6) is 0 Å². The molecule has 1 N–H and O–H groups in total. The first-order chi connectivity index (χ1) is 7.10. The molecule has 1 heterocycles. The Kier molecular flexibility index (Phi) is 4.90. The van der Waals surface area contributed by atoms with Crippen LogP contribution in [0.15, 0.2) is 0 Å². The van der Waals surface area contributed by atoms with Gasteiger partial charge < -0.3 is 0 Å². The van der Waals surface area contributed by atoms with Gasteiger partial charge in [-0.2, -0.15) is 17.0 Å². The quantitative estimate of drug-likeness (QED) is 0.791. The summed E-state index contributed by atoms with van der Waals surface area (Å²) in [5.74, 6) is 1.11. The van der Waals surface area contributed by atoms with Crippen LogP contribution in [0.2, 0.25) is 0 Å². The van der Waals surface area contributed by atoms with Gasteiger partial charge in [-0.25, -0.2) is 13.1 Å². The Morgan fingerprint density at radius 3 is 2.87 bits per heavy atom. The van der Waals surface area contributed by atoms with Crippen LogP contribution in [0.1, 0.15) is 26.2 Å². The molecule has 0 aromatic rings. The Balaban J connectivity index is 2.45. The monoisotopic (exact) mass is 248 g/mol. The maximum Gasteiger partial charge on any atom is 0.227 e. The van der Waals surface area contributed by atoms with Gasteiger partial charge in [-0.3, -0.25) is 0 Å². The summed E-state index contributed by atoms with van der Waals surface area (Å²) in [7, 11) is -3.43. The average Bonchev–Trinajstić information content (AvgIpc) is 2.69. The second-order valence-electron chi connectivity index (χ2n) is 3.55. The second-order valence-corrected chi connectivity index (χ2v) is 6.91. The number of nitrogens with one attached hydrogen (secondary N) is 1. The number of hydrogen-bond donors (Lipinski definition) is 1. The smallest absolute Gasteiger partial charge is 0.213 e. The summed E-state index contributed by atoms with van der Waals surface area (Å²) in [5, 5.41) is 8.15. The van der Waals surface area contributed by atoms with Crippen LogP contribution < -0.4 is 4.72 Å². The standard InChI is InChI=1S/C9H16N2O2S2/c1-2-9(6-10)15(12,13)11-7-8-4-3-5-14-8/h8-9,11H,2-5,7H2,1H3. The molecule has 1 saturated heterocycles. The molecule has 0 aromatic carbocycles. The Hall–Kier alpha value is -0.250. The molecule has 2 unspecified atom stereocenters. The van der Waals surface area contributed by atoms with Crippen molar-refractivity contribution in [1.29, 1.82) is 5.26 Å². The van der Waals surface area contributed by atoms with Crippen molar-refractivity contribution in [3.8, 4) is 6.07 Å². The molecule has 1 aliphatic rings. The van der Waals surface area contributed by atoms with Crippen molar-refractivity contribution in [3.63, 3.8) is 0 Å². The minimum absolute atomic E-state index is 0.337. The molecule has 0 aromatic heterocycles. The highest BCUT2D eigenvalue weighted by atomic mass is 32.2. The maximum atomic E-state index is 11.6. The van der Waals surface area contributed by atoms with Crippen molar-refractivity contribution < 1.29 is 8.42 Å². The van der Waals surface area contributed by atoms with Crippen molar-refractivity contribution in [2.45, 2.75) is 36.7 Å². The largest absolute Gasteiger partial charge is 0.227 e. The van der Waals surface area contributed by atoms with E-state index in [1.807, 2.05) is 6.07 Å². The van der Waals surface area contributed by atoms with E-state index in [4.69, 9.17) is 5.26 Å². The van der Waals surface area contributed by atoms with Crippen molar-refractivity contribution >= 4 is 21.8 Å². The molecule has 4 nitrogen and oxygen atoms in total. The van der Waals surface area contributed by atoms with Gasteiger partial charge >= 0.3 is 0 Å². The predicted molar refractivity (Wildman–Crippen MR) is 62.1 cm³/mol. The fourth-order valence-corrected chi connectivity index (χ4v) is 4.01. The van der Waals surface area contributed by atoms with Crippen LogP contribution in [0.4, 0.5) is 0 Å². The lowest BCUT2D eigenvalue weighted by Crippen LogP contribution is -2.36. The third kappa shape index (κ3) is 3.67. The van der Waals surface area contributed by atoms with Crippen LogP contribution in [0.25, 0.3) is 0 Å². The lowest BCUT2D eigenvalue weighted by molar-refractivity contribution is 0.570. The summed E-state index contributed by atoms with van der Waals surface area (Å²) in [4.78, 5) is 0. The minimum Gasteiger partial charge on any atom is -0.213 e.